The Balaban J connectivity index is 1.37. The van der Waals surface area contributed by atoms with Crippen molar-refractivity contribution in [3.8, 4) is 11.5 Å². The number of aromatic hydroxyl groups is 1. The Hall–Kier alpha value is -5.97. The van der Waals surface area contributed by atoms with Crippen LogP contribution in [0.4, 0.5) is 24.5 Å². The number of amides is 2. The van der Waals surface area contributed by atoms with Gasteiger partial charge in [-0.25, -0.2) is 9.97 Å². The largest absolute Gasteiger partial charge is 0.504 e. The molecule has 1 saturated heterocycles. The molecule has 3 aromatic heterocycles. The molecule has 276 valence electrons. The molecule has 0 radical (unpaired) electrons. The summed E-state index contributed by atoms with van der Waals surface area (Å²) in [4.78, 5) is 56.9. The number of piperazine rings is 1. The van der Waals surface area contributed by atoms with Crippen molar-refractivity contribution in [1.82, 2.24) is 34.0 Å². The number of benzene rings is 2. The number of alkyl halides is 3. The van der Waals surface area contributed by atoms with Crippen molar-refractivity contribution < 1.29 is 32.6 Å². The molecule has 0 unspecified atom stereocenters. The van der Waals surface area contributed by atoms with E-state index in [1.54, 1.807) is 43.0 Å². The average molecular weight is 752 g/mol. The zero-order valence-corrected chi connectivity index (χ0v) is 29.5. The number of methoxy groups -OCH3 is 1. The van der Waals surface area contributed by atoms with E-state index >= 15 is 0 Å². The number of aryl methyl sites for hydroxylation is 1. The summed E-state index contributed by atoms with van der Waals surface area (Å²) < 4.78 is 47.5. The predicted octanol–water partition coefficient (Wildman–Crippen LogP) is 4.60. The SMILES string of the molecule is C=C(c1ccc(OC)cc1)c1nc2n(CC(=O)Nc3ccc(C(F)(F)F)cc3Cl)c(CC)c(N3CCN(C(=O)c4ncnc(C)c4O)CC3)c(=O)n2n1. The molecule has 2 N–H and O–H groups in total. The van der Waals surface area contributed by atoms with Gasteiger partial charge in [-0.2, -0.15) is 22.7 Å². The summed E-state index contributed by atoms with van der Waals surface area (Å²) in [6.07, 6.45) is -3.18. The molecule has 0 atom stereocenters. The number of carbonyl (C=O) groups excluding carboxylic acids is 2. The van der Waals surface area contributed by atoms with Gasteiger partial charge in [0, 0.05) is 31.8 Å². The first-order chi connectivity index (χ1) is 25.2. The van der Waals surface area contributed by atoms with Gasteiger partial charge >= 0.3 is 6.18 Å². The number of aromatic nitrogens is 6. The van der Waals surface area contributed by atoms with E-state index in [9.17, 15) is 32.7 Å². The number of fused-ring (bicyclic) bond motifs is 1. The number of nitrogens with one attached hydrogen (secondary N) is 1. The van der Waals surface area contributed by atoms with Gasteiger partial charge in [0.1, 0.15) is 24.3 Å². The molecule has 14 nitrogen and oxygen atoms in total. The topological polar surface area (TPSA) is 160 Å². The monoisotopic (exact) mass is 751 g/mol. The molecule has 2 aromatic carbocycles. The average Bonchev–Trinajstić information content (AvgIpc) is 3.60. The normalized spacial score (nSPS) is 13.3. The van der Waals surface area contributed by atoms with Crippen LogP contribution in [0.5, 0.6) is 11.5 Å². The fourth-order valence-corrected chi connectivity index (χ4v) is 6.24. The first-order valence-corrected chi connectivity index (χ1v) is 16.7. The van der Waals surface area contributed by atoms with E-state index in [1.807, 2.05) is 0 Å². The summed E-state index contributed by atoms with van der Waals surface area (Å²) in [6.45, 7) is 7.82. The van der Waals surface area contributed by atoms with E-state index in [2.05, 4.69) is 31.9 Å². The van der Waals surface area contributed by atoms with Crippen molar-refractivity contribution in [2.45, 2.75) is 33.0 Å². The summed E-state index contributed by atoms with van der Waals surface area (Å²) in [7, 11) is 1.54. The predicted molar refractivity (Wildman–Crippen MR) is 189 cm³/mol. The van der Waals surface area contributed by atoms with Gasteiger partial charge in [-0.15, -0.1) is 5.10 Å². The Morgan fingerprint density at radius 2 is 1.77 bits per heavy atom. The van der Waals surface area contributed by atoms with Crippen molar-refractivity contribution in [3.63, 3.8) is 0 Å². The van der Waals surface area contributed by atoms with Gasteiger partial charge in [0.05, 0.1) is 34.8 Å². The maximum Gasteiger partial charge on any atom is 0.416 e. The summed E-state index contributed by atoms with van der Waals surface area (Å²) in [5, 5.41) is 17.1. The number of rotatable bonds is 9. The maximum atomic E-state index is 14.3. The van der Waals surface area contributed by atoms with Crippen molar-refractivity contribution >= 4 is 46.1 Å². The molecular formula is C35H33ClF3N9O5. The number of ether oxygens (including phenoxy) is 1. The first-order valence-electron chi connectivity index (χ1n) is 16.3. The second-order valence-corrected chi connectivity index (χ2v) is 12.5. The number of hydrogen-bond acceptors (Lipinski definition) is 10. The van der Waals surface area contributed by atoms with Crippen molar-refractivity contribution in [2.75, 3.05) is 43.5 Å². The zero-order chi connectivity index (χ0) is 38.2. The Bertz CT molecular complexity index is 2300. The Morgan fingerprint density at radius 1 is 1.08 bits per heavy atom. The minimum atomic E-state index is -4.63. The lowest BCUT2D eigenvalue weighted by Crippen LogP contribution is -2.51. The lowest BCUT2D eigenvalue weighted by molar-refractivity contribution is -0.137. The van der Waals surface area contributed by atoms with E-state index in [-0.39, 0.29) is 77.7 Å². The summed E-state index contributed by atoms with van der Waals surface area (Å²) in [6, 6.07) is 9.57. The fraction of sp³-hybridized carbons (Fsp3) is 0.286. The van der Waals surface area contributed by atoms with Crippen molar-refractivity contribution in [1.29, 1.82) is 0 Å². The molecule has 5 aromatic rings. The van der Waals surface area contributed by atoms with Gasteiger partial charge in [0.2, 0.25) is 11.7 Å². The molecule has 4 heterocycles. The highest BCUT2D eigenvalue weighted by Crippen LogP contribution is 2.34. The van der Waals surface area contributed by atoms with Crippen LogP contribution < -0.4 is 20.5 Å². The van der Waals surface area contributed by atoms with E-state index in [4.69, 9.17) is 16.3 Å². The standard InChI is InChI=1S/C35H33ClF3N9O5/c1-5-26-29(45-12-14-46(15-13-45)32(51)28-30(50)20(3)40-18-41-28)33(52)48-34(43-31(44-48)19(2)21-6-9-23(53-4)10-7-21)47(26)17-27(49)42-25-11-8-22(16-24(25)36)35(37,38)39/h6-11,16,18,50H,2,5,12-15,17H2,1,3-4H3,(H,42,49). The summed E-state index contributed by atoms with van der Waals surface area (Å²) in [5.74, 6) is -0.708. The quantitative estimate of drug-likeness (QED) is 0.218. The Kier molecular flexibility index (Phi) is 10.1. The Labute approximate surface area is 305 Å². The summed E-state index contributed by atoms with van der Waals surface area (Å²) in [5.41, 5.74) is 0.277. The van der Waals surface area contributed by atoms with E-state index in [1.165, 1.54) is 22.9 Å². The fourth-order valence-electron chi connectivity index (χ4n) is 6.01. The molecule has 0 bridgehead atoms. The van der Waals surface area contributed by atoms with Gasteiger partial charge in [-0.05, 0) is 49.2 Å². The Morgan fingerprint density at radius 3 is 2.40 bits per heavy atom. The smallest absolute Gasteiger partial charge is 0.416 e. The highest BCUT2D eigenvalue weighted by molar-refractivity contribution is 6.33. The van der Waals surface area contributed by atoms with Gasteiger partial charge in [0.15, 0.2) is 17.3 Å². The molecule has 1 aliphatic rings. The third kappa shape index (κ3) is 7.24. The molecule has 0 spiro atoms. The lowest BCUT2D eigenvalue weighted by atomic mass is 10.1. The van der Waals surface area contributed by atoms with Crippen LogP contribution in [0.15, 0.2) is 60.2 Å². The van der Waals surface area contributed by atoms with Crippen LogP contribution in [0, 0.1) is 6.92 Å². The maximum absolute atomic E-state index is 14.3. The van der Waals surface area contributed by atoms with Crippen LogP contribution >= 0.6 is 11.6 Å². The molecule has 0 saturated carbocycles. The first kappa shape index (κ1) is 36.8. The molecule has 1 aliphatic heterocycles. The second kappa shape index (κ2) is 14.6. The van der Waals surface area contributed by atoms with Gasteiger partial charge < -0.3 is 29.5 Å². The third-order valence-electron chi connectivity index (χ3n) is 8.83. The van der Waals surface area contributed by atoms with Crippen LogP contribution in [0.1, 0.15) is 45.8 Å². The highest BCUT2D eigenvalue weighted by atomic mass is 35.5. The number of carbonyl (C=O) groups is 2. The third-order valence-corrected chi connectivity index (χ3v) is 9.14. The van der Waals surface area contributed by atoms with Crippen LogP contribution in [0.3, 0.4) is 0 Å². The molecule has 0 aliphatic carbocycles. The van der Waals surface area contributed by atoms with Crippen molar-refractivity contribution in [3.05, 3.63) is 105 Å². The van der Waals surface area contributed by atoms with E-state index in [0.717, 1.165) is 22.7 Å². The molecular weight excluding hydrogens is 719 g/mol. The number of nitrogens with zero attached hydrogens (tertiary/aromatic N) is 8. The zero-order valence-electron chi connectivity index (χ0n) is 28.7. The van der Waals surface area contributed by atoms with E-state index < -0.39 is 35.7 Å². The van der Waals surface area contributed by atoms with Gasteiger partial charge in [-0.3, -0.25) is 14.4 Å². The molecule has 1 fully saturated rings. The van der Waals surface area contributed by atoms with E-state index in [0.29, 0.717) is 22.6 Å². The molecule has 6 rings (SSSR count). The van der Waals surface area contributed by atoms with Crippen LogP contribution in [0.25, 0.3) is 11.4 Å². The molecule has 53 heavy (non-hydrogen) atoms. The van der Waals surface area contributed by atoms with Crippen LogP contribution in [0.2, 0.25) is 5.02 Å². The summed E-state index contributed by atoms with van der Waals surface area (Å²) >= 11 is 6.13. The number of hydrogen-bond donors (Lipinski definition) is 2. The lowest BCUT2D eigenvalue weighted by Gasteiger charge is -2.36. The second-order valence-electron chi connectivity index (χ2n) is 12.1. The van der Waals surface area contributed by atoms with Crippen LogP contribution in [-0.2, 0) is 23.9 Å². The number of anilines is 2. The van der Waals surface area contributed by atoms with Crippen molar-refractivity contribution in [2.24, 2.45) is 0 Å². The minimum absolute atomic E-state index is 0.0253. The molecule has 2 amide bonds. The van der Waals surface area contributed by atoms with Gasteiger partial charge in [0.25, 0.3) is 11.5 Å². The number of halogens is 4. The highest BCUT2D eigenvalue weighted by Gasteiger charge is 2.32. The minimum Gasteiger partial charge on any atom is -0.504 e. The molecule has 18 heteroatoms. The van der Waals surface area contributed by atoms with Crippen LogP contribution in [-0.4, -0.2) is 84.2 Å². The van der Waals surface area contributed by atoms with Gasteiger partial charge in [-0.1, -0.05) is 37.2 Å².